The van der Waals surface area contributed by atoms with Gasteiger partial charge in [-0.15, -0.1) is 5.10 Å². The van der Waals surface area contributed by atoms with E-state index in [-0.39, 0.29) is 17.9 Å². The van der Waals surface area contributed by atoms with Crippen molar-refractivity contribution in [1.29, 1.82) is 0 Å². The highest BCUT2D eigenvalue weighted by molar-refractivity contribution is 5.93. The Morgan fingerprint density at radius 1 is 1.44 bits per heavy atom. The van der Waals surface area contributed by atoms with E-state index < -0.39 is 22.2 Å². The molecule has 1 heterocycles. The van der Waals surface area contributed by atoms with Crippen LogP contribution in [0.1, 0.15) is 29.0 Å². The minimum atomic E-state index is -0.926. The fourth-order valence-electron chi connectivity index (χ4n) is 2.47. The van der Waals surface area contributed by atoms with E-state index in [1.165, 1.54) is 22.9 Å². The lowest BCUT2D eigenvalue weighted by Gasteiger charge is -2.10. The average molecular weight is 345 g/mol. The molecule has 0 unspecified atom stereocenters. The first-order chi connectivity index (χ1) is 11.8. The fourth-order valence-corrected chi connectivity index (χ4v) is 2.47. The number of aliphatic carboxylic acids is 1. The Hall–Kier alpha value is -3.30. The third-order valence-electron chi connectivity index (χ3n) is 4.29. The number of nitrogens with one attached hydrogen (secondary N) is 1. The minimum absolute atomic E-state index is 0.0320. The summed E-state index contributed by atoms with van der Waals surface area (Å²) in [5.74, 6) is -1.45. The second-order valence-electron chi connectivity index (χ2n) is 5.98. The van der Waals surface area contributed by atoms with Crippen molar-refractivity contribution in [3.63, 3.8) is 0 Å². The molecule has 0 saturated heterocycles. The van der Waals surface area contributed by atoms with Gasteiger partial charge in [-0.3, -0.25) is 19.7 Å². The summed E-state index contributed by atoms with van der Waals surface area (Å²) in [5.41, 5.74) is -0.122. The number of rotatable bonds is 6. The number of hydrogen-bond acceptors (Lipinski definition) is 6. The van der Waals surface area contributed by atoms with E-state index in [4.69, 9.17) is 5.11 Å². The van der Waals surface area contributed by atoms with Crippen LogP contribution in [-0.4, -0.2) is 43.4 Å². The summed E-state index contributed by atoms with van der Waals surface area (Å²) < 4.78 is 1.33. The fraction of sp³-hybridized carbons (Fsp3) is 0.333. The Kier molecular flexibility index (Phi) is 3.95. The molecule has 0 radical (unpaired) electrons. The molecule has 1 aromatic carbocycles. The molecular formula is C15H15N5O5. The molecule has 2 N–H and O–H groups in total. The van der Waals surface area contributed by atoms with Gasteiger partial charge in [-0.25, -0.2) is 4.68 Å². The Morgan fingerprint density at radius 3 is 2.76 bits per heavy atom. The van der Waals surface area contributed by atoms with Crippen molar-refractivity contribution in [1.82, 2.24) is 20.3 Å². The largest absolute Gasteiger partial charge is 0.481 e. The number of hydrogen-bond donors (Lipinski definition) is 2. The summed E-state index contributed by atoms with van der Waals surface area (Å²) in [4.78, 5) is 33.7. The number of carboxylic acid groups (broad SMARTS) is 1. The highest BCUT2D eigenvalue weighted by Crippen LogP contribution is 2.45. The topological polar surface area (TPSA) is 140 Å². The summed E-state index contributed by atoms with van der Waals surface area (Å²) >= 11 is 0. The molecule has 0 spiro atoms. The van der Waals surface area contributed by atoms with Crippen LogP contribution >= 0.6 is 0 Å². The normalized spacial score (nSPS) is 14.8. The van der Waals surface area contributed by atoms with Crippen LogP contribution in [0.4, 0.5) is 5.69 Å². The number of benzene rings is 1. The first-order valence-corrected chi connectivity index (χ1v) is 7.53. The van der Waals surface area contributed by atoms with Crippen LogP contribution in [0.3, 0.4) is 0 Å². The molecule has 1 aromatic heterocycles. The number of carboxylic acids is 1. The lowest BCUT2D eigenvalue weighted by atomic mass is 10.1. The predicted molar refractivity (Wildman–Crippen MR) is 84.4 cm³/mol. The maximum Gasteiger partial charge on any atom is 0.311 e. The van der Waals surface area contributed by atoms with Gasteiger partial charge in [0.1, 0.15) is 0 Å². The third kappa shape index (κ3) is 3.05. The van der Waals surface area contributed by atoms with Crippen LogP contribution in [0.5, 0.6) is 0 Å². The van der Waals surface area contributed by atoms with Gasteiger partial charge in [-0.1, -0.05) is 11.3 Å². The number of non-ortho nitro benzene ring substituents is 1. The first-order valence-electron chi connectivity index (χ1n) is 7.53. The van der Waals surface area contributed by atoms with Crippen LogP contribution in [0, 0.1) is 22.5 Å². The monoisotopic (exact) mass is 345 g/mol. The quantitative estimate of drug-likeness (QED) is 0.589. The van der Waals surface area contributed by atoms with Crippen LogP contribution < -0.4 is 5.32 Å². The van der Waals surface area contributed by atoms with Gasteiger partial charge >= 0.3 is 5.97 Å². The first kappa shape index (κ1) is 16.6. The van der Waals surface area contributed by atoms with Crippen molar-refractivity contribution in [2.24, 2.45) is 5.41 Å². The van der Waals surface area contributed by atoms with E-state index in [9.17, 15) is 19.7 Å². The Bertz CT molecular complexity index is 871. The van der Waals surface area contributed by atoms with E-state index in [1.807, 2.05) is 0 Å². The van der Waals surface area contributed by atoms with Crippen molar-refractivity contribution in [2.45, 2.75) is 19.8 Å². The maximum atomic E-state index is 12.3. The summed E-state index contributed by atoms with van der Waals surface area (Å²) in [6.45, 7) is 1.64. The second-order valence-corrected chi connectivity index (χ2v) is 5.98. The van der Waals surface area contributed by atoms with Gasteiger partial charge in [-0.2, -0.15) is 0 Å². The van der Waals surface area contributed by atoms with Crippen LogP contribution in [0.2, 0.25) is 0 Å². The number of nitro groups is 1. The van der Waals surface area contributed by atoms with Crippen molar-refractivity contribution >= 4 is 17.6 Å². The molecular weight excluding hydrogens is 330 g/mol. The van der Waals surface area contributed by atoms with Crippen molar-refractivity contribution < 1.29 is 19.6 Å². The third-order valence-corrected chi connectivity index (χ3v) is 4.29. The van der Waals surface area contributed by atoms with E-state index in [2.05, 4.69) is 15.6 Å². The predicted octanol–water partition coefficient (Wildman–Crippen LogP) is 1.08. The highest BCUT2D eigenvalue weighted by Gasteiger charge is 2.50. The molecule has 10 nitrogen and oxygen atoms in total. The number of carbonyl (C=O) groups is 2. The van der Waals surface area contributed by atoms with Gasteiger partial charge in [0.15, 0.2) is 5.69 Å². The van der Waals surface area contributed by atoms with Gasteiger partial charge in [0.25, 0.3) is 11.6 Å². The smallest absolute Gasteiger partial charge is 0.311 e. The van der Waals surface area contributed by atoms with E-state index in [0.29, 0.717) is 24.2 Å². The molecule has 1 aliphatic carbocycles. The van der Waals surface area contributed by atoms with E-state index in [0.717, 1.165) is 0 Å². The van der Waals surface area contributed by atoms with E-state index in [1.54, 1.807) is 13.0 Å². The van der Waals surface area contributed by atoms with Crippen molar-refractivity contribution in [2.75, 3.05) is 6.54 Å². The Labute approximate surface area is 141 Å². The summed E-state index contributed by atoms with van der Waals surface area (Å²) in [7, 11) is 0. The zero-order valence-electron chi connectivity index (χ0n) is 13.3. The van der Waals surface area contributed by atoms with Crippen molar-refractivity contribution in [3.8, 4) is 5.69 Å². The lowest BCUT2D eigenvalue weighted by molar-refractivity contribution is -0.384. The summed E-state index contributed by atoms with van der Waals surface area (Å²) in [5, 5.41) is 30.3. The van der Waals surface area contributed by atoms with Crippen LogP contribution in [-0.2, 0) is 4.79 Å². The van der Waals surface area contributed by atoms with Gasteiger partial charge in [0.05, 0.1) is 21.7 Å². The number of nitro benzene ring substituents is 1. The van der Waals surface area contributed by atoms with Gasteiger partial charge in [0, 0.05) is 18.7 Å². The molecule has 0 aliphatic heterocycles. The molecule has 1 amide bonds. The Balaban J connectivity index is 1.79. The average Bonchev–Trinajstić information content (AvgIpc) is 3.29. The number of nitrogens with zero attached hydrogens (tertiary/aromatic N) is 4. The Morgan fingerprint density at radius 2 is 2.16 bits per heavy atom. The number of carbonyl (C=O) groups excluding carboxylic acids is 1. The SMILES string of the molecule is Cc1c(C(=O)NCC2(C(=O)O)CC2)nnn1-c1cccc([N+](=O)[O-])c1. The molecule has 1 saturated carbocycles. The zero-order valence-corrected chi connectivity index (χ0v) is 13.3. The summed E-state index contributed by atoms with van der Waals surface area (Å²) in [6, 6.07) is 5.80. The maximum absolute atomic E-state index is 12.3. The molecule has 2 aromatic rings. The molecule has 1 aliphatic rings. The highest BCUT2D eigenvalue weighted by atomic mass is 16.6. The molecule has 25 heavy (non-hydrogen) atoms. The molecule has 1 fully saturated rings. The molecule has 0 atom stereocenters. The molecule has 130 valence electrons. The molecule has 3 rings (SSSR count). The van der Waals surface area contributed by atoms with Gasteiger partial charge in [-0.05, 0) is 25.8 Å². The van der Waals surface area contributed by atoms with Crippen LogP contribution in [0.25, 0.3) is 5.69 Å². The minimum Gasteiger partial charge on any atom is -0.481 e. The zero-order chi connectivity index (χ0) is 18.2. The van der Waals surface area contributed by atoms with Gasteiger partial charge in [0.2, 0.25) is 0 Å². The number of aromatic nitrogens is 3. The van der Waals surface area contributed by atoms with Crippen molar-refractivity contribution in [3.05, 3.63) is 45.8 Å². The van der Waals surface area contributed by atoms with Gasteiger partial charge < -0.3 is 10.4 Å². The number of amides is 1. The summed E-state index contributed by atoms with van der Waals surface area (Å²) in [6.07, 6.45) is 1.06. The molecule has 0 bridgehead atoms. The van der Waals surface area contributed by atoms with E-state index >= 15 is 0 Å². The second kappa shape index (κ2) is 5.96. The lowest BCUT2D eigenvalue weighted by Crippen LogP contribution is -2.34. The van der Waals surface area contributed by atoms with Crippen LogP contribution in [0.15, 0.2) is 24.3 Å². The molecule has 10 heteroatoms. The standard InChI is InChI=1S/C15H15N5O5/c1-9-12(13(21)16-8-15(5-6-15)14(22)23)17-18-19(9)10-3-2-4-11(7-10)20(24)25/h2-4,7H,5-6,8H2,1H3,(H,16,21)(H,22,23).